The van der Waals surface area contributed by atoms with Gasteiger partial charge >= 0.3 is 0 Å². The van der Waals surface area contributed by atoms with Crippen LogP contribution in [0.1, 0.15) is 25.6 Å². The van der Waals surface area contributed by atoms with Crippen LogP contribution in [0.4, 0.5) is 5.69 Å². The number of ether oxygens (including phenoxy) is 1. The van der Waals surface area contributed by atoms with Crippen molar-refractivity contribution in [2.75, 3.05) is 18.1 Å². The molecule has 1 aliphatic heterocycles. The van der Waals surface area contributed by atoms with Gasteiger partial charge in [-0.1, -0.05) is 31.5 Å². The quantitative estimate of drug-likeness (QED) is 0.863. The number of hydrogen-bond acceptors (Lipinski definition) is 5. The van der Waals surface area contributed by atoms with Crippen LogP contribution in [-0.4, -0.2) is 39.3 Å². The van der Waals surface area contributed by atoms with Gasteiger partial charge in [-0.3, -0.25) is 4.79 Å². The molecule has 0 spiro atoms. The number of halogens is 1. The molecule has 0 atom stereocenters. The fraction of sp³-hybridized carbons (Fsp3) is 0.429. The SMILES string of the molecule is CC(C)c1nnnn1CC(=O)N1CCOc2c(Cl)cccc21. The second-order valence-electron chi connectivity index (χ2n) is 5.33. The molecule has 2 heterocycles. The number of aromatic nitrogens is 4. The van der Waals surface area contributed by atoms with Gasteiger partial charge in [-0.25, -0.2) is 4.68 Å². The first-order valence-corrected chi connectivity index (χ1v) is 7.43. The maximum atomic E-state index is 12.6. The highest BCUT2D eigenvalue weighted by Crippen LogP contribution is 2.37. The van der Waals surface area contributed by atoms with Gasteiger partial charge in [-0.15, -0.1) is 5.10 Å². The molecule has 116 valence electrons. The van der Waals surface area contributed by atoms with Crippen LogP contribution >= 0.6 is 11.6 Å². The van der Waals surface area contributed by atoms with Crippen molar-refractivity contribution >= 4 is 23.2 Å². The smallest absolute Gasteiger partial charge is 0.249 e. The molecule has 7 nitrogen and oxygen atoms in total. The molecule has 0 radical (unpaired) electrons. The molecular weight excluding hydrogens is 306 g/mol. The molecule has 0 saturated carbocycles. The predicted molar refractivity (Wildman–Crippen MR) is 81.2 cm³/mol. The van der Waals surface area contributed by atoms with E-state index in [9.17, 15) is 4.79 Å². The number of nitrogens with zero attached hydrogens (tertiary/aromatic N) is 5. The van der Waals surface area contributed by atoms with Crippen LogP contribution in [0.5, 0.6) is 5.75 Å². The molecule has 0 saturated heterocycles. The van der Waals surface area contributed by atoms with E-state index in [1.165, 1.54) is 4.68 Å². The van der Waals surface area contributed by atoms with Gasteiger partial charge in [0.05, 0.1) is 17.3 Å². The van der Waals surface area contributed by atoms with Crippen molar-refractivity contribution in [1.82, 2.24) is 20.2 Å². The average molecular weight is 322 g/mol. The summed E-state index contributed by atoms with van der Waals surface area (Å²) in [6, 6.07) is 5.36. The van der Waals surface area contributed by atoms with E-state index >= 15 is 0 Å². The van der Waals surface area contributed by atoms with Crippen LogP contribution in [0.2, 0.25) is 5.02 Å². The van der Waals surface area contributed by atoms with Gasteiger partial charge in [0.2, 0.25) is 5.91 Å². The fourth-order valence-corrected chi connectivity index (χ4v) is 2.65. The number of carbonyl (C=O) groups excluding carboxylic acids is 1. The Labute approximate surface area is 132 Å². The van der Waals surface area contributed by atoms with Crippen molar-refractivity contribution in [3.63, 3.8) is 0 Å². The molecule has 1 amide bonds. The van der Waals surface area contributed by atoms with Crippen molar-refractivity contribution in [3.8, 4) is 5.75 Å². The number of tetrazole rings is 1. The van der Waals surface area contributed by atoms with Gasteiger partial charge < -0.3 is 9.64 Å². The molecule has 8 heteroatoms. The highest BCUT2D eigenvalue weighted by molar-refractivity contribution is 6.32. The average Bonchev–Trinajstić information content (AvgIpc) is 2.95. The molecule has 3 rings (SSSR count). The summed E-state index contributed by atoms with van der Waals surface area (Å²) >= 11 is 6.12. The molecule has 2 aromatic rings. The minimum absolute atomic E-state index is 0.0897. The number of carbonyl (C=O) groups is 1. The lowest BCUT2D eigenvalue weighted by Crippen LogP contribution is -2.40. The van der Waals surface area contributed by atoms with Crippen molar-refractivity contribution in [2.24, 2.45) is 0 Å². The second-order valence-corrected chi connectivity index (χ2v) is 5.74. The zero-order valence-electron chi connectivity index (χ0n) is 12.4. The Hall–Kier alpha value is -2.15. The molecule has 0 N–H and O–H groups in total. The number of rotatable bonds is 3. The molecule has 0 aliphatic carbocycles. The highest BCUT2D eigenvalue weighted by atomic mass is 35.5. The van der Waals surface area contributed by atoms with E-state index in [-0.39, 0.29) is 18.4 Å². The number of amides is 1. The van der Waals surface area contributed by atoms with Crippen LogP contribution in [0, 0.1) is 0 Å². The van der Waals surface area contributed by atoms with Crippen LogP contribution in [-0.2, 0) is 11.3 Å². The third-order valence-electron chi connectivity index (χ3n) is 3.46. The van der Waals surface area contributed by atoms with Crippen LogP contribution in [0.25, 0.3) is 0 Å². The topological polar surface area (TPSA) is 73.1 Å². The van der Waals surface area contributed by atoms with Gasteiger partial charge in [0, 0.05) is 5.92 Å². The Balaban J connectivity index is 1.85. The summed E-state index contributed by atoms with van der Waals surface area (Å²) < 4.78 is 7.09. The third kappa shape index (κ3) is 2.64. The highest BCUT2D eigenvalue weighted by Gasteiger charge is 2.26. The summed E-state index contributed by atoms with van der Waals surface area (Å²) in [6.07, 6.45) is 0. The summed E-state index contributed by atoms with van der Waals surface area (Å²) in [5.41, 5.74) is 0.683. The summed E-state index contributed by atoms with van der Waals surface area (Å²) in [7, 11) is 0. The molecular formula is C14H16ClN5O2. The van der Waals surface area contributed by atoms with E-state index in [2.05, 4.69) is 15.5 Å². The molecule has 1 aliphatic rings. The van der Waals surface area contributed by atoms with E-state index in [1.54, 1.807) is 17.0 Å². The summed E-state index contributed by atoms with van der Waals surface area (Å²) in [5, 5.41) is 12.0. The maximum Gasteiger partial charge on any atom is 0.249 e. The number of para-hydroxylation sites is 1. The molecule has 22 heavy (non-hydrogen) atoms. The standard InChI is InChI=1S/C14H16ClN5O2/c1-9(2)14-16-17-18-20(14)8-12(21)19-6-7-22-13-10(15)4-3-5-11(13)19/h3-5,9H,6-8H2,1-2H3. The lowest BCUT2D eigenvalue weighted by Gasteiger charge is -2.30. The van der Waals surface area contributed by atoms with Crippen LogP contribution in [0.3, 0.4) is 0 Å². The van der Waals surface area contributed by atoms with Gasteiger partial charge in [0.25, 0.3) is 0 Å². The zero-order valence-corrected chi connectivity index (χ0v) is 13.1. The minimum Gasteiger partial charge on any atom is -0.488 e. The Morgan fingerprint density at radius 3 is 3.05 bits per heavy atom. The molecule has 0 unspecified atom stereocenters. The van der Waals surface area contributed by atoms with Crippen LogP contribution in [0.15, 0.2) is 18.2 Å². The molecule has 1 aromatic carbocycles. The van der Waals surface area contributed by atoms with Gasteiger partial charge in [0.1, 0.15) is 13.2 Å². The first kappa shape index (κ1) is 14.8. The number of anilines is 1. The lowest BCUT2D eigenvalue weighted by molar-refractivity contribution is -0.119. The minimum atomic E-state index is -0.0963. The number of hydrogen-bond donors (Lipinski definition) is 0. The Kier molecular flexibility index (Phi) is 3.98. The first-order valence-electron chi connectivity index (χ1n) is 7.05. The summed E-state index contributed by atoms with van der Waals surface area (Å²) in [5.74, 6) is 1.28. The van der Waals surface area contributed by atoms with E-state index < -0.39 is 0 Å². The van der Waals surface area contributed by atoms with Gasteiger partial charge in [-0.05, 0) is 22.6 Å². The normalized spacial score (nSPS) is 13.9. The van der Waals surface area contributed by atoms with E-state index in [0.29, 0.717) is 35.4 Å². The molecule has 0 bridgehead atoms. The Morgan fingerprint density at radius 1 is 1.45 bits per heavy atom. The maximum absolute atomic E-state index is 12.6. The van der Waals surface area contributed by atoms with Crippen molar-refractivity contribution in [1.29, 1.82) is 0 Å². The van der Waals surface area contributed by atoms with Crippen molar-refractivity contribution < 1.29 is 9.53 Å². The van der Waals surface area contributed by atoms with Crippen LogP contribution < -0.4 is 9.64 Å². The summed E-state index contributed by atoms with van der Waals surface area (Å²) in [4.78, 5) is 14.3. The lowest BCUT2D eigenvalue weighted by atomic mass is 10.2. The van der Waals surface area contributed by atoms with E-state index in [1.807, 2.05) is 19.9 Å². The second kappa shape index (κ2) is 5.92. The number of benzene rings is 1. The first-order chi connectivity index (χ1) is 10.6. The number of fused-ring (bicyclic) bond motifs is 1. The molecule has 1 aromatic heterocycles. The Morgan fingerprint density at radius 2 is 2.27 bits per heavy atom. The van der Waals surface area contributed by atoms with E-state index in [0.717, 1.165) is 0 Å². The fourth-order valence-electron chi connectivity index (χ4n) is 2.42. The zero-order chi connectivity index (χ0) is 15.7. The largest absolute Gasteiger partial charge is 0.488 e. The van der Waals surface area contributed by atoms with Crippen molar-refractivity contribution in [3.05, 3.63) is 29.0 Å². The Bertz CT molecular complexity index is 700. The third-order valence-corrected chi connectivity index (χ3v) is 3.76. The van der Waals surface area contributed by atoms with Crippen molar-refractivity contribution in [2.45, 2.75) is 26.3 Å². The predicted octanol–water partition coefficient (Wildman–Crippen LogP) is 1.88. The van der Waals surface area contributed by atoms with E-state index in [4.69, 9.17) is 16.3 Å². The van der Waals surface area contributed by atoms with Gasteiger partial charge in [-0.2, -0.15) is 0 Å². The summed E-state index contributed by atoms with van der Waals surface area (Å²) in [6.45, 7) is 4.94. The van der Waals surface area contributed by atoms with Gasteiger partial charge in [0.15, 0.2) is 11.6 Å². The monoisotopic (exact) mass is 321 g/mol. The molecule has 0 fully saturated rings.